The standard InChI is InChI=1S/C13H18O3/c1-3-10-15-13(14)12(4-2)16-11-8-6-5-7-9-11/h5-9,12H,3-4,10H2,1-2H3. The Morgan fingerprint density at radius 2 is 1.94 bits per heavy atom. The number of carbonyl (C=O) groups is 1. The lowest BCUT2D eigenvalue weighted by Crippen LogP contribution is -2.28. The van der Waals surface area contributed by atoms with Gasteiger partial charge in [0, 0.05) is 0 Å². The molecule has 1 atom stereocenters. The maximum Gasteiger partial charge on any atom is 0.347 e. The normalized spacial score (nSPS) is 11.9. The molecule has 0 aromatic heterocycles. The molecule has 1 unspecified atom stereocenters. The third-order valence-electron chi connectivity index (χ3n) is 2.10. The first-order chi connectivity index (χ1) is 7.77. The average Bonchev–Trinajstić information content (AvgIpc) is 2.34. The molecule has 1 rings (SSSR count). The number of hydrogen-bond donors (Lipinski definition) is 0. The molecule has 0 amide bonds. The summed E-state index contributed by atoms with van der Waals surface area (Å²) in [6.07, 6.45) is 0.930. The Bertz CT molecular complexity index is 308. The van der Waals surface area contributed by atoms with Crippen molar-refractivity contribution < 1.29 is 14.3 Å². The van der Waals surface area contributed by atoms with Crippen LogP contribution in [-0.2, 0) is 9.53 Å². The van der Waals surface area contributed by atoms with Crippen LogP contribution in [0.3, 0.4) is 0 Å². The van der Waals surface area contributed by atoms with Gasteiger partial charge < -0.3 is 9.47 Å². The molecule has 0 N–H and O–H groups in total. The van der Waals surface area contributed by atoms with Crippen LogP contribution >= 0.6 is 0 Å². The largest absolute Gasteiger partial charge is 0.479 e. The molecule has 0 aliphatic rings. The molecule has 3 heteroatoms. The van der Waals surface area contributed by atoms with Crippen molar-refractivity contribution in [2.24, 2.45) is 0 Å². The van der Waals surface area contributed by atoms with Crippen LogP contribution in [0.2, 0.25) is 0 Å². The van der Waals surface area contributed by atoms with Crippen molar-refractivity contribution in [2.45, 2.75) is 32.8 Å². The first-order valence-corrected chi connectivity index (χ1v) is 5.66. The highest BCUT2D eigenvalue weighted by Crippen LogP contribution is 2.13. The first kappa shape index (κ1) is 12.6. The van der Waals surface area contributed by atoms with E-state index in [2.05, 4.69) is 0 Å². The van der Waals surface area contributed by atoms with E-state index >= 15 is 0 Å². The van der Waals surface area contributed by atoms with Crippen LogP contribution in [0.25, 0.3) is 0 Å². The van der Waals surface area contributed by atoms with Gasteiger partial charge >= 0.3 is 5.97 Å². The summed E-state index contributed by atoms with van der Waals surface area (Å²) in [5, 5.41) is 0. The second-order valence-electron chi connectivity index (χ2n) is 3.50. The highest BCUT2D eigenvalue weighted by molar-refractivity contribution is 5.75. The van der Waals surface area contributed by atoms with Crippen LogP contribution in [0.1, 0.15) is 26.7 Å². The summed E-state index contributed by atoms with van der Waals surface area (Å²) in [6, 6.07) is 9.31. The van der Waals surface area contributed by atoms with Gasteiger partial charge in [-0.2, -0.15) is 0 Å². The van der Waals surface area contributed by atoms with Crippen molar-refractivity contribution in [2.75, 3.05) is 6.61 Å². The highest BCUT2D eigenvalue weighted by Gasteiger charge is 2.19. The number of esters is 1. The predicted octanol–water partition coefficient (Wildman–Crippen LogP) is 2.80. The molecule has 0 fully saturated rings. The maximum absolute atomic E-state index is 11.6. The molecule has 0 saturated carbocycles. The van der Waals surface area contributed by atoms with Crippen molar-refractivity contribution in [3.63, 3.8) is 0 Å². The average molecular weight is 222 g/mol. The Labute approximate surface area is 96.4 Å². The molecule has 0 aliphatic carbocycles. The molecule has 3 nitrogen and oxygen atoms in total. The predicted molar refractivity (Wildman–Crippen MR) is 62.4 cm³/mol. The molecule has 0 saturated heterocycles. The van der Waals surface area contributed by atoms with Crippen molar-refractivity contribution in [3.05, 3.63) is 30.3 Å². The minimum atomic E-state index is -0.506. The van der Waals surface area contributed by atoms with Crippen molar-refractivity contribution >= 4 is 5.97 Å². The van der Waals surface area contributed by atoms with Gasteiger partial charge in [0.15, 0.2) is 6.10 Å². The van der Waals surface area contributed by atoms with Crippen molar-refractivity contribution in [1.29, 1.82) is 0 Å². The van der Waals surface area contributed by atoms with Gasteiger partial charge in [-0.1, -0.05) is 32.0 Å². The highest BCUT2D eigenvalue weighted by atomic mass is 16.6. The summed E-state index contributed by atoms with van der Waals surface area (Å²) in [5.41, 5.74) is 0. The molecular weight excluding hydrogens is 204 g/mol. The Morgan fingerprint density at radius 1 is 1.25 bits per heavy atom. The Balaban J connectivity index is 2.52. The van der Waals surface area contributed by atoms with E-state index in [9.17, 15) is 4.79 Å². The molecular formula is C13H18O3. The van der Waals surface area contributed by atoms with E-state index in [1.807, 2.05) is 44.2 Å². The molecule has 1 aromatic carbocycles. The smallest absolute Gasteiger partial charge is 0.347 e. The van der Waals surface area contributed by atoms with Gasteiger partial charge in [0.05, 0.1) is 6.61 Å². The second-order valence-corrected chi connectivity index (χ2v) is 3.50. The fraction of sp³-hybridized carbons (Fsp3) is 0.462. The van der Waals surface area contributed by atoms with E-state index in [4.69, 9.17) is 9.47 Å². The number of rotatable bonds is 6. The van der Waals surface area contributed by atoms with Gasteiger partial charge in [-0.25, -0.2) is 4.79 Å². The van der Waals surface area contributed by atoms with Gasteiger partial charge in [0.1, 0.15) is 5.75 Å². The maximum atomic E-state index is 11.6. The van der Waals surface area contributed by atoms with Crippen LogP contribution in [-0.4, -0.2) is 18.7 Å². The number of benzene rings is 1. The molecule has 0 aliphatic heterocycles. The molecule has 1 aromatic rings. The number of hydrogen-bond acceptors (Lipinski definition) is 3. The van der Waals surface area contributed by atoms with Gasteiger partial charge in [-0.15, -0.1) is 0 Å². The summed E-state index contributed by atoms with van der Waals surface area (Å²) in [6.45, 7) is 4.32. The monoisotopic (exact) mass is 222 g/mol. The fourth-order valence-corrected chi connectivity index (χ4v) is 1.26. The van der Waals surface area contributed by atoms with E-state index in [-0.39, 0.29) is 5.97 Å². The molecule has 0 spiro atoms. The zero-order valence-electron chi connectivity index (χ0n) is 9.81. The van der Waals surface area contributed by atoms with Crippen LogP contribution in [0.15, 0.2) is 30.3 Å². The number of para-hydroxylation sites is 1. The summed E-state index contributed by atoms with van der Waals surface area (Å²) >= 11 is 0. The van der Waals surface area contributed by atoms with E-state index in [1.165, 1.54) is 0 Å². The van der Waals surface area contributed by atoms with Crippen molar-refractivity contribution in [3.8, 4) is 5.75 Å². The topological polar surface area (TPSA) is 35.5 Å². The summed E-state index contributed by atoms with van der Waals surface area (Å²) < 4.78 is 10.6. The number of carbonyl (C=O) groups excluding carboxylic acids is 1. The molecule has 0 bridgehead atoms. The lowest BCUT2D eigenvalue weighted by molar-refractivity contribution is -0.152. The van der Waals surface area contributed by atoms with Crippen LogP contribution in [0.4, 0.5) is 0 Å². The van der Waals surface area contributed by atoms with E-state index < -0.39 is 6.10 Å². The van der Waals surface area contributed by atoms with Crippen molar-refractivity contribution in [1.82, 2.24) is 0 Å². The Hall–Kier alpha value is -1.51. The van der Waals surface area contributed by atoms with Crippen LogP contribution in [0.5, 0.6) is 5.75 Å². The van der Waals surface area contributed by atoms with Gasteiger partial charge in [-0.3, -0.25) is 0 Å². The van der Waals surface area contributed by atoms with Gasteiger partial charge in [0.2, 0.25) is 0 Å². The quantitative estimate of drug-likeness (QED) is 0.694. The molecule has 0 heterocycles. The Kier molecular flexibility index (Phi) is 5.40. The lowest BCUT2D eigenvalue weighted by atomic mass is 10.2. The third-order valence-corrected chi connectivity index (χ3v) is 2.10. The number of ether oxygens (including phenoxy) is 2. The van der Waals surface area contributed by atoms with Gasteiger partial charge in [0.25, 0.3) is 0 Å². The molecule has 16 heavy (non-hydrogen) atoms. The fourth-order valence-electron chi connectivity index (χ4n) is 1.26. The summed E-state index contributed by atoms with van der Waals surface area (Å²) in [5.74, 6) is 0.413. The Morgan fingerprint density at radius 3 is 2.50 bits per heavy atom. The van der Waals surface area contributed by atoms with E-state index in [0.717, 1.165) is 6.42 Å². The minimum Gasteiger partial charge on any atom is -0.479 e. The van der Waals surface area contributed by atoms with E-state index in [1.54, 1.807) is 0 Å². The van der Waals surface area contributed by atoms with Gasteiger partial charge in [-0.05, 0) is 25.0 Å². The second kappa shape index (κ2) is 6.88. The summed E-state index contributed by atoms with van der Waals surface area (Å²) in [4.78, 5) is 11.6. The molecule has 0 radical (unpaired) electrons. The molecule has 88 valence electrons. The SMILES string of the molecule is CCCOC(=O)C(CC)Oc1ccccc1. The van der Waals surface area contributed by atoms with Crippen LogP contribution in [0, 0.1) is 0 Å². The first-order valence-electron chi connectivity index (χ1n) is 5.66. The summed E-state index contributed by atoms with van der Waals surface area (Å²) in [7, 11) is 0. The zero-order valence-corrected chi connectivity index (χ0v) is 9.81. The third kappa shape index (κ3) is 3.93. The van der Waals surface area contributed by atoms with E-state index in [0.29, 0.717) is 18.8 Å². The zero-order chi connectivity index (χ0) is 11.8. The van der Waals surface area contributed by atoms with Crippen LogP contribution < -0.4 is 4.74 Å². The minimum absolute atomic E-state index is 0.284. The lowest BCUT2D eigenvalue weighted by Gasteiger charge is -2.16.